The van der Waals surface area contributed by atoms with Gasteiger partial charge in [0.25, 0.3) is 5.91 Å². The van der Waals surface area contributed by atoms with Crippen LogP contribution in [0.5, 0.6) is 5.88 Å². The minimum absolute atomic E-state index is 0.152. The van der Waals surface area contributed by atoms with Crippen LogP contribution in [0.3, 0.4) is 0 Å². The molecule has 0 saturated carbocycles. The Labute approximate surface area is 205 Å². The molecular weight excluding hydrogens is 538 g/mol. The Kier molecular flexibility index (Phi) is 7.33. The van der Waals surface area contributed by atoms with E-state index in [0.29, 0.717) is 28.3 Å². The Morgan fingerprint density at radius 1 is 1.21 bits per heavy atom. The summed E-state index contributed by atoms with van der Waals surface area (Å²) in [5.41, 5.74) is 2.16. The average Bonchev–Trinajstić information content (AvgIpc) is 3.24. The molecule has 3 heterocycles. The number of halogens is 2. The summed E-state index contributed by atoms with van der Waals surface area (Å²) in [6.07, 6.45) is 6.92. The maximum absolute atomic E-state index is 14.4. The second-order valence-corrected chi connectivity index (χ2v) is 8.47. The number of rotatable bonds is 6. The third kappa shape index (κ3) is 5.74. The monoisotopic (exact) mass is 562 g/mol. The molecule has 1 amide bonds. The fourth-order valence-electron chi connectivity index (χ4n) is 3.66. The molecule has 0 aliphatic carbocycles. The number of ether oxygens (including phenoxy) is 1. The zero-order valence-electron chi connectivity index (χ0n) is 18.3. The number of anilines is 1. The molecule has 1 aliphatic rings. The first-order chi connectivity index (χ1) is 15.9. The van der Waals surface area contributed by atoms with Crippen molar-refractivity contribution in [3.63, 3.8) is 0 Å². The number of nitrogens with zero attached hydrogens (tertiary/aromatic N) is 5. The van der Waals surface area contributed by atoms with Gasteiger partial charge >= 0.3 is 0 Å². The van der Waals surface area contributed by atoms with Crippen LogP contribution in [-0.2, 0) is 11.8 Å². The number of benzene rings is 1. The van der Waals surface area contributed by atoms with Crippen LogP contribution in [0, 0.1) is 5.82 Å². The van der Waals surface area contributed by atoms with Gasteiger partial charge in [-0.25, -0.2) is 12.6 Å². The molecule has 33 heavy (non-hydrogen) atoms. The van der Waals surface area contributed by atoms with E-state index in [1.54, 1.807) is 71.4 Å². The van der Waals surface area contributed by atoms with Crippen LogP contribution in [0.25, 0.3) is 11.1 Å². The normalized spacial score (nSPS) is 15.5. The van der Waals surface area contributed by atoms with E-state index >= 15 is 0 Å². The fourth-order valence-corrected chi connectivity index (χ4v) is 4.16. The summed E-state index contributed by atoms with van der Waals surface area (Å²) < 4.78 is 26.1. The Hall–Kier alpha value is -2.86. The number of carbonyl (C=O) groups is 1. The molecule has 2 aromatic heterocycles. The zero-order valence-corrected chi connectivity index (χ0v) is 20.5. The second-order valence-electron chi connectivity index (χ2n) is 7.99. The highest BCUT2D eigenvalue weighted by atomic mass is 127. The Bertz CT molecular complexity index is 1160. The van der Waals surface area contributed by atoms with Crippen molar-refractivity contribution >= 4 is 40.2 Å². The molecule has 0 spiro atoms. The molecule has 0 atom stereocenters. The molecule has 0 bridgehead atoms. The highest BCUT2D eigenvalue weighted by molar-refractivity contribution is 14.1. The Morgan fingerprint density at radius 2 is 2.00 bits per heavy atom. The smallest absolute Gasteiger partial charge is 0.275 e. The number of aromatic nitrogens is 3. The topological polar surface area (TPSA) is 84.6 Å². The van der Waals surface area contributed by atoms with Crippen LogP contribution in [0.15, 0.2) is 52.1 Å². The number of piperidine rings is 1. The van der Waals surface area contributed by atoms with Gasteiger partial charge in [-0.1, -0.05) is 0 Å². The molecule has 1 saturated heterocycles. The molecular formula is C23H24FIN6O2. The van der Waals surface area contributed by atoms with E-state index in [1.807, 2.05) is 0 Å². The van der Waals surface area contributed by atoms with Gasteiger partial charge in [-0.3, -0.25) is 9.48 Å². The van der Waals surface area contributed by atoms with Gasteiger partial charge in [-0.2, -0.15) is 5.10 Å². The van der Waals surface area contributed by atoms with Gasteiger partial charge in [0.15, 0.2) is 0 Å². The largest absolute Gasteiger partial charge is 0.474 e. The summed E-state index contributed by atoms with van der Waals surface area (Å²) in [5.74, 6) is -0.284. The zero-order chi connectivity index (χ0) is 23.4. The van der Waals surface area contributed by atoms with Gasteiger partial charge in [0.2, 0.25) is 5.88 Å². The van der Waals surface area contributed by atoms with Gasteiger partial charge in [0.05, 0.1) is 40.9 Å². The fraction of sp³-hybridized carbons (Fsp3) is 0.304. The van der Waals surface area contributed by atoms with E-state index in [1.165, 1.54) is 12.1 Å². The van der Waals surface area contributed by atoms with Gasteiger partial charge < -0.3 is 15.0 Å². The van der Waals surface area contributed by atoms with Crippen molar-refractivity contribution < 1.29 is 13.9 Å². The molecule has 4 rings (SSSR count). The molecule has 8 nitrogen and oxygen atoms in total. The average molecular weight is 562 g/mol. The van der Waals surface area contributed by atoms with Crippen molar-refractivity contribution in [1.82, 2.24) is 19.7 Å². The van der Waals surface area contributed by atoms with Crippen molar-refractivity contribution in [2.24, 2.45) is 10.3 Å². The number of hydrogen-bond acceptors (Lipinski definition) is 6. The van der Waals surface area contributed by atoms with E-state index in [-0.39, 0.29) is 11.8 Å². The third-order valence-electron chi connectivity index (χ3n) is 5.50. The molecule has 1 aromatic carbocycles. The number of nitrogens with one attached hydrogen (secondary N) is 1. The summed E-state index contributed by atoms with van der Waals surface area (Å²) in [5, 5.41) is 6.88. The summed E-state index contributed by atoms with van der Waals surface area (Å²) in [6, 6.07) is 7.94. The van der Waals surface area contributed by atoms with E-state index in [9.17, 15) is 9.18 Å². The highest BCUT2D eigenvalue weighted by Gasteiger charge is 2.20. The number of pyridine rings is 1. The Morgan fingerprint density at radius 3 is 2.64 bits per heavy atom. The lowest BCUT2D eigenvalue weighted by molar-refractivity contribution is -0.110. The molecule has 3 aromatic rings. The van der Waals surface area contributed by atoms with Crippen molar-refractivity contribution in [2.75, 3.05) is 25.5 Å². The van der Waals surface area contributed by atoms with Crippen LogP contribution in [0.1, 0.15) is 18.4 Å². The maximum Gasteiger partial charge on any atom is 0.275 e. The van der Waals surface area contributed by atoms with Crippen molar-refractivity contribution in [3.8, 4) is 17.0 Å². The van der Waals surface area contributed by atoms with Crippen molar-refractivity contribution in [2.45, 2.75) is 18.9 Å². The molecule has 1 aliphatic heterocycles. The number of amides is 1. The third-order valence-corrected chi connectivity index (χ3v) is 5.98. The summed E-state index contributed by atoms with van der Waals surface area (Å²) in [6.45, 7) is 2.01. The first-order valence-corrected chi connectivity index (χ1v) is 11.5. The SMILES string of the molecule is CN1CCC(Oc2ccc(NC(=O)/C(=N/I)c3ccc(F)c(-c4cnn(C)c4)c3)cn2)CC1. The maximum atomic E-state index is 14.4. The standard InChI is InChI=1S/C23H24FIN6O2/c1-30-9-7-18(8-10-30)33-21-6-4-17(13-26-21)28-23(32)22(29-25)15-3-5-20(24)19(11-15)16-12-27-31(2)14-16/h3-6,11-14,18H,7-10H2,1-2H3,(H,28,32)/b29-22+. The Balaban J connectivity index is 1.44. The van der Waals surface area contributed by atoms with Crippen LogP contribution in [0.2, 0.25) is 0 Å². The number of carbonyl (C=O) groups excluding carboxylic acids is 1. The number of hydrogen-bond donors (Lipinski definition) is 1. The summed E-state index contributed by atoms with van der Waals surface area (Å²) in [4.78, 5) is 19.5. The molecule has 1 fully saturated rings. The van der Waals surface area contributed by atoms with E-state index in [0.717, 1.165) is 25.9 Å². The number of aryl methyl sites for hydroxylation is 1. The lowest BCUT2D eigenvalue weighted by Crippen LogP contribution is -2.35. The predicted molar refractivity (Wildman–Crippen MR) is 133 cm³/mol. The van der Waals surface area contributed by atoms with Gasteiger partial charge in [-0.05, 0) is 44.2 Å². The first-order valence-electron chi connectivity index (χ1n) is 10.5. The van der Waals surface area contributed by atoms with Gasteiger partial charge in [0, 0.05) is 49.1 Å². The highest BCUT2D eigenvalue weighted by Crippen LogP contribution is 2.25. The minimum atomic E-state index is -0.418. The van der Waals surface area contributed by atoms with Crippen molar-refractivity contribution in [1.29, 1.82) is 0 Å². The van der Waals surface area contributed by atoms with Crippen LogP contribution in [0.4, 0.5) is 10.1 Å². The first kappa shape index (κ1) is 23.3. The van der Waals surface area contributed by atoms with Crippen LogP contribution in [-0.4, -0.2) is 57.5 Å². The molecule has 0 radical (unpaired) electrons. The molecule has 172 valence electrons. The van der Waals surface area contributed by atoms with Crippen molar-refractivity contribution in [3.05, 3.63) is 60.3 Å². The summed E-state index contributed by atoms with van der Waals surface area (Å²) in [7, 11) is 3.86. The predicted octanol–water partition coefficient (Wildman–Crippen LogP) is 3.87. The lowest BCUT2D eigenvalue weighted by Gasteiger charge is -2.28. The molecule has 1 N–H and O–H groups in total. The second kappa shape index (κ2) is 10.4. The quantitative estimate of drug-likeness (QED) is 0.365. The molecule has 10 heteroatoms. The lowest BCUT2D eigenvalue weighted by atomic mass is 10.0. The minimum Gasteiger partial charge on any atom is -0.474 e. The van der Waals surface area contributed by atoms with Crippen LogP contribution >= 0.6 is 22.9 Å². The van der Waals surface area contributed by atoms with Gasteiger partial charge in [-0.15, -0.1) is 0 Å². The van der Waals surface area contributed by atoms with Crippen LogP contribution < -0.4 is 10.1 Å². The van der Waals surface area contributed by atoms with E-state index in [2.05, 4.69) is 30.6 Å². The van der Waals surface area contributed by atoms with E-state index in [4.69, 9.17) is 4.74 Å². The van der Waals surface area contributed by atoms with E-state index < -0.39 is 11.7 Å². The molecule has 0 unspecified atom stereocenters. The summed E-state index contributed by atoms with van der Waals surface area (Å²) >= 11 is 1.77. The van der Waals surface area contributed by atoms with Gasteiger partial charge in [0.1, 0.15) is 17.6 Å². The number of likely N-dealkylation sites (tertiary alicyclic amines) is 1.